The Morgan fingerprint density at radius 2 is 1.93 bits per heavy atom. The predicted molar refractivity (Wildman–Crippen MR) is 101 cm³/mol. The fourth-order valence-corrected chi connectivity index (χ4v) is 2.95. The average molecular weight is 379 g/mol. The van der Waals surface area contributed by atoms with Crippen LogP contribution in [0.5, 0.6) is 0 Å². The molecule has 148 valence electrons. The van der Waals surface area contributed by atoms with Gasteiger partial charge in [-0.05, 0) is 49.4 Å². The van der Waals surface area contributed by atoms with Gasteiger partial charge in [0.1, 0.15) is 11.9 Å². The molecule has 2 rings (SSSR count). The van der Waals surface area contributed by atoms with Gasteiger partial charge in [-0.2, -0.15) is 0 Å². The van der Waals surface area contributed by atoms with E-state index in [2.05, 4.69) is 10.6 Å². The largest absolute Gasteiger partial charge is 0.475 e. The summed E-state index contributed by atoms with van der Waals surface area (Å²) in [6.07, 6.45) is 1.83. The summed E-state index contributed by atoms with van der Waals surface area (Å²) in [4.78, 5) is 26.2. The summed E-state index contributed by atoms with van der Waals surface area (Å²) in [6, 6.07) is 5.51. The highest BCUT2D eigenvalue weighted by Crippen LogP contribution is 2.26. The molecule has 7 nitrogen and oxygen atoms in total. The quantitative estimate of drug-likeness (QED) is 0.467. The monoisotopic (exact) mass is 379 g/mol. The van der Waals surface area contributed by atoms with E-state index in [9.17, 15) is 24.0 Å². The van der Waals surface area contributed by atoms with Gasteiger partial charge in [-0.15, -0.1) is 0 Å². The number of benzene rings is 1. The molecule has 1 fully saturated rings. The van der Waals surface area contributed by atoms with E-state index in [4.69, 9.17) is 0 Å². The molecule has 27 heavy (non-hydrogen) atoms. The van der Waals surface area contributed by atoms with Gasteiger partial charge in [0.15, 0.2) is 0 Å². The lowest BCUT2D eigenvalue weighted by Crippen LogP contribution is -2.58. The van der Waals surface area contributed by atoms with Gasteiger partial charge in [0, 0.05) is 12.2 Å². The second kappa shape index (κ2) is 9.71. The van der Waals surface area contributed by atoms with Crippen LogP contribution in [0.3, 0.4) is 0 Å². The molecule has 0 aromatic heterocycles. The Kier molecular flexibility index (Phi) is 7.61. The highest BCUT2D eigenvalue weighted by molar-refractivity contribution is 6.43. The van der Waals surface area contributed by atoms with Crippen LogP contribution in [0.15, 0.2) is 24.3 Å². The van der Waals surface area contributed by atoms with Crippen LogP contribution in [0, 0.1) is 11.7 Å². The molecule has 0 aliphatic carbocycles. The van der Waals surface area contributed by atoms with Crippen molar-refractivity contribution >= 4 is 24.6 Å². The highest BCUT2D eigenvalue weighted by Gasteiger charge is 2.34. The Bertz CT molecular complexity index is 642. The maximum absolute atomic E-state index is 13.0. The number of anilines is 1. The first-order valence-electron chi connectivity index (χ1n) is 9.23. The van der Waals surface area contributed by atoms with Crippen molar-refractivity contribution in [2.75, 3.05) is 18.0 Å². The van der Waals surface area contributed by atoms with Crippen LogP contribution in [0.1, 0.15) is 33.1 Å². The maximum atomic E-state index is 13.0. The van der Waals surface area contributed by atoms with Crippen LogP contribution in [-0.2, 0) is 9.59 Å². The molecule has 0 saturated carbocycles. The van der Waals surface area contributed by atoms with E-state index >= 15 is 0 Å². The number of nitrogens with one attached hydrogen (secondary N) is 2. The number of carbonyl (C=O) groups is 2. The lowest BCUT2D eigenvalue weighted by atomic mass is 9.76. The van der Waals surface area contributed by atoms with E-state index in [1.54, 1.807) is 12.1 Å². The first-order chi connectivity index (χ1) is 12.8. The summed E-state index contributed by atoms with van der Waals surface area (Å²) >= 11 is 0. The van der Waals surface area contributed by atoms with Crippen molar-refractivity contribution in [2.24, 2.45) is 5.92 Å². The van der Waals surface area contributed by atoms with E-state index in [1.165, 1.54) is 12.1 Å². The van der Waals surface area contributed by atoms with Crippen LogP contribution in [-0.4, -0.2) is 54.1 Å². The molecule has 4 N–H and O–H groups in total. The van der Waals surface area contributed by atoms with Crippen molar-refractivity contribution in [3.8, 4) is 0 Å². The summed E-state index contributed by atoms with van der Waals surface area (Å²) in [5.74, 6) is -1.49. The molecule has 1 aromatic rings. The van der Waals surface area contributed by atoms with E-state index in [0.717, 1.165) is 12.1 Å². The van der Waals surface area contributed by atoms with Gasteiger partial charge in [-0.25, -0.2) is 4.39 Å². The minimum Gasteiger partial charge on any atom is -0.426 e. The topological polar surface area (TPSA) is 102 Å². The predicted octanol–water partition coefficient (Wildman–Crippen LogP) is 0.454. The molecule has 2 atom stereocenters. The summed E-state index contributed by atoms with van der Waals surface area (Å²) in [5, 5.41) is 23.9. The summed E-state index contributed by atoms with van der Waals surface area (Å²) in [7, 11) is -1.65. The van der Waals surface area contributed by atoms with Crippen LogP contribution < -0.4 is 15.5 Å². The minimum absolute atomic E-state index is 0.239. The smallest absolute Gasteiger partial charge is 0.426 e. The zero-order valence-electron chi connectivity index (χ0n) is 15.7. The van der Waals surface area contributed by atoms with Gasteiger partial charge in [-0.3, -0.25) is 9.59 Å². The van der Waals surface area contributed by atoms with E-state index in [0.29, 0.717) is 25.3 Å². The third-order valence-electron chi connectivity index (χ3n) is 4.67. The number of carbonyl (C=O) groups excluding carboxylic acids is 2. The van der Waals surface area contributed by atoms with Gasteiger partial charge in [0.25, 0.3) is 0 Å². The molecule has 0 radical (unpaired) electrons. The van der Waals surface area contributed by atoms with Crippen molar-refractivity contribution in [2.45, 2.75) is 45.1 Å². The molecule has 1 heterocycles. The van der Waals surface area contributed by atoms with Crippen molar-refractivity contribution in [1.29, 1.82) is 0 Å². The van der Waals surface area contributed by atoms with Crippen LogP contribution in [0.2, 0.25) is 0 Å². The van der Waals surface area contributed by atoms with Gasteiger partial charge in [-0.1, -0.05) is 13.8 Å². The lowest BCUT2D eigenvalue weighted by Gasteiger charge is -2.41. The molecular formula is C18H27BFN3O4. The van der Waals surface area contributed by atoms with E-state index < -0.39 is 25.0 Å². The number of hydrogen-bond donors (Lipinski definition) is 4. The fraction of sp³-hybridized carbons (Fsp3) is 0.556. The van der Waals surface area contributed by atoms with Crippen molar-refractivity contribution in [3.63, 3.8) is 0 Å². The second-order valence-electron chi connectivity index (χ2n) is 7.25. The number of amides is 2. The number of nitrogens with zero attached hydrogens (tertiary/aromatic N) is 1. The van der Waals surface area contributed by atoms with Crippen LogP contribution in [0.25, 0.3) is 0 Å². The van der Waals surface area contributed by atoms with Crippen molar-refractivity contribution < 1.29 is 24.0 Å². The van der Waals surface area contributed by atoms with E-state index in [-0.39, 0.29) is 18.3 Å². The number of rotatable bonds is 9. The minimum atomic E-state index is -1.65. The summed E-state index contributed by atoms with van der Waals surface area (Å²) in [6.45, 7) is 4.46. The van der Waals surface area contributed by atoms with Crippen LogP contribution >= 0.6 is 0 Å². The third kappa shape index (κ3) is 6.21. The van der Waals surface area contributed by atoms with Gasteiger partial charge in [0.2, 0.25) is 11.8 Å². The highest BCUT2D eigenvalue weighted by atomic mass is 19.1. The zero-order valence-corrected chi connectivity index (χ0v) is 15.7. The van der Waals surface area contributed by atoms with Crippen LogP contribution in [0.4, 0.5) is 10.1 Å². The van der Waals surface area contributed by atoms with Crippen molar-refractivity contribution in [3.05, 3.63) is 30.1 Å². The standard InChI is InChI=1S/C18H27BFN3O4/c1-12(2)3-8-16(19(26)27)22-17(24)11-21-18(25)15-9-10-23(15)14-6-4-13(20)5-7-14/h4-7,12,15-16,26-27H,3,8-11H2,1-2H3,(H,21,25)(H,22,24)/t15-,16-/m0/s1. The Hall–Kier alpha value is -2.13. The molecule has 2 amide bonds. The van der Waals surface area contributed by atoms with Gasteiger partial charge < -0.3 is 25.6 Å². The molecule has 1 aromatic carbocycles. The molecule has 0 spiro atoms. The molecular weight excluding hydrogens is 352 g/mol. The molecule has 0 bridgehead atoms. The second-order valence-corrected chi connectivity index (χ2v) is 7.25. The lowest BCUT2D eigenvalue weighted by molar-refractivity contribution is -0.127. The normalized spacial score (nSPS) is 17.3. The number of hydrogen-bond acceptors (Lipinski definition) is 5. The SMILES string of the molecule is CC(C)CC[C@H](NC(=O)CNC(=O)[C@@H]1CCN1c1ccc(F)cc1)B(O)O. The Balaban J connectivity index is 1.80. The Morgan fingerprint density at radius 3 is 2.44 bits per heavy atom. The summed E-state index contributed by atoms with van der Waals surface area (Å²) < 4.78 is 13.0. The first kappa shape index (κ1) is 21.2. The average Bonchev–Trinajstić information content (AvgIpc) is 2.57. The molecule has 0 unspecified atom stereocenters. The zero-order chi connectivity index (χ0) is 20.0. The Morgan fingerprint density at radius 1 is 1.26 bits per heavy atom. The Labute approximate surface area is 159 Å². The van der Waals surface area contributed by atoms with Gasteiger partial charge in [0.05, 0.1) is 12.5 Å². The molecule has 1 aliphatic heterocycles. The van der Waals surface area contributed by atoms with Crippen molar-refractivity contribution in [1.82, 2.24) is 10.6 Å². The van der Waals surface area contributed by atoms with Gasteiger partial charge >= 0.3 is 7.12 Å². The molecule has 1 saturated heterocycles. The number of halogens is 1. The first-order valence-corrected chi connectivity index (χ1v) is 9.23. The molecule has 1 aliphatic rings. The maximum Gasteiger partial charge on any atom is 0.475 e. The fourth-order valence-electron chi connectivity index (χ4n) is 2.95. The molecule has 9 heteroatoms. The van der Waals surface area contributed by atoms with E-state index in [1.807, 2.05) is 18.7 Å². The summed E-state index contributed by atoms with van der Waals surface area (Å²) in [5.41, 5.74) is 0.754. The third-order valence-corrected chi connectivity index (χ3v) is 4.67.